The van der Waals surface area contributed by atoms with E-state index >= 15 is 0 Å². The molecule has 3 aromatic rings. The van der Waals surface area contributed by atoms with Crippen LogP contribution in [-0.2, 0) is 0 Å². The molecule has 0 fully saturated rings. The van der Waals surface area contributed by atoms with Gasteiger partial charge in [0.05, 0.1) is 18.9 Å². The number of carbonyl (C=O) groups is 1. The minimum Gasteiger partial charge on any atom is -0.496 e. The normalized spacial score (nSPS) is 10.6. The van der Waals surface area contributed by atoms with Crippen LogP contribution in [0.1, 0.15) is 15.4 Å². The van der Waals surface area contributed by atoms with E-state index in [0.29, 0.717) is 16.3 Å². The molecule has 1 amide bonds. The van der Waals surface area contributed by atoms with Gasteiger partial charge in [0, 0.05) is 0 Å². The number of rotatable bonds is 3. The summed E-state index contributed by atoms with van der Waals surface area (Å²) in [5, 5.41) is 7.34. The second-order valence-electron chi connectivity index (χ2n) is 4.45. The van der Waals surface area contributed by atoms with Gasteiger partial charge in [-0.05, 0) is 19.1 Å². The van der Waals surface area contributed by atoms with E-state index in [2.05, 4.69) is 15.4 Å². The Morgan fingerprint density at radius 2 is 2.14 bits per heavy atom. The number of amides is 1. The van der Waals surface area contributed by atoms with Gasteiger partial charge in [0.1, 0.15) is 16.4 Å². The maximum atomic E-state index is 12.3. The van der Waals surface area contributed by atoms with Gasteiger partial charge < -0.3 is 10.1 Å². The van der Waals surface area contributed by atoms with Crippen LogP contribution in [-0.4, -0.2) is 27.6 Å². The van der Waals surface area contributed by atoms with Crippen molar-refractivity contribution in [3.8, 4) is 5.75 Å². The summed E-state index contributed by atoms with van der Waals surface area (Å²) < 4.78 is 6.32. The molecule has 0 bridgehead atoms. The highest BCUT2D eigenvalue weighted by Gasteiger charge is 2.15. The molecule has 1 aromatic carbocycles. The molecule has 1 N–H and O–H groups in total. The highest BCUT2D eigenvalue weighted by atomic mass is 32.1. The number of fused-ring (bicyclic) bond motifs is 1. The third-order valence-corrected chi connectivity index (χ3v) is 3.83. The van der Waals surface area contributed by atoms with Crippen LogP contribution in [0.2, 0.25) is 0 Å². The number of hydrogen-bond acceptors (Lipinski definition) is 6. The first-order valence-electron chi connectivity index (χ1n) is 6.40. The Balaban J connectivity index is 1.97. The summed E-state index contributed by atoms with van der Waals surface area (Å²) >= 11 is 1.30. The molecule has 112 valence electrons. The number of hydrogen-bond donors (Lipinski definition) is 1. The van der Waals surface area contributed by atoms with E-state index in [1.165, 1.54) is 29.2 Å². The first-order chi connectivity index (χ1) is 10.6. The number of anilines is 1. The Morgan fingerprint density at radius 1 is 1.36 bits per heavy atom. The predicted molar refractivity (Wildman–Crippen MR) is 82.8 cm³/mol. The molecule has 3 rings (SSSR count). The van der Waals surface area contributed by atoms with Crippen LogP contribution in [0.5, 0.6) is 5.75 Å². The number of methoxy groups -OCH3 is 1. The predicted octanol–water partition coefficient (Wildman–Crippen LogP) is 1.72. The largest absolute Gasteiger partial charge is 0.496 e. The summed E-state index contributed by atoms with van der Waals surface area (Å²) in [4.78, 5) is 29.2. The van der Waals surface area contributed by atoms with E-state index in [-0.39, 0.29) is 5.69 Å². The van der Waals surface area contributed by atoms with Gasteiger partial charge in [-0.15, -0.1) is 0 Å². The highest BCUT2D eigenvalue weighted by molar-refractivity contribution is 7.16. The fourth-order valence-corrected chi connectivity index (χ4v) is 2.69. The molecule has 7 nitrogen and oxygen atoms in total. The number of ether oxygens (including phenoxy) is 1. The van der Waals surface area contributed by atoms with Gasteiger partial charge in [0.15, 0.2) is 0 Å². The molecule has 0 aliphatic carbocycles. The number of nitrogens with one attached hydrogen (secondary N) is 1. The lowest BCUT2D eigenvalue weighted by Gasteiger charge is -2.08. The molecule has 0 aliphatic rings. The second-order valence-corrected chi connectivity index (χ2v) is 5.61. The topological polar surface area (TPSA) is 85.6 Å². The van der Waals surface area contributed by atoms with Crippen LogP contribution < -0.4 is 15.6 Å². The number of aromatic nitrogens is 3. The van der Waals surface area contributed by atoms with Crippen molar-refractivity contribution >= 4 is 27.9 Å². The van der Waals surface area contributed by atoms with Gasteiger partial charge in [-0.25, -0.2) is 4.98 Å². The van der Waals surface area contributed by atoms with Gasteiger partial charge in [-0.3, -0.25) is 9.59 Å². The van der Waals surface area contributed by atoms with Crippen molar-refractivity contribution in [1.29, 1.82) is 0 Å². The Kier molecular flexibility index (Phi) is 3.60. The fraction of sp³-hybridized carbons (Fsp3) is 0.143. The number of carbonyl (C=O) groups excluding carboxylic acids is 1. The molecule has 0 spiro atoms. The van der Waals surface area contributed by atoms with Crippen molar-refractivity contribution in [3.63, 3.8) is 0 Å². The van der Waals surface area contributed by atoms with E-state index < -0.39 is 11.5 Å². The Labute approximate surface area is 129 Å². The van der Waals surface area contributed by atoms with Gasteiger partial charge in [-0.2, -0.15) is 9.61 Å². The summed E-state index contributed by atoms with van der Waals surface area (Å²) in [5.41, 5.74) is -0.0136. The second kappa shape index (κ2) is 5.57. The Hall–Kier alpha value is -2.74. The first-order valence-corrected chi connectivity index (χ1v) is 7.21. The lowest BCUT2D eigenvalue weighted by molar-refractivity contribution is 0.102. The molecule has 0 saturated heterocycles. The third-order valence-electron chi connectivity index (χ3n) is 2.99. The van der Waals surface area contributed by atoms with Gasteiger partial charge in [0.2, 0.25) is 4.96 Å². The molecule has 0 aliphatic heterocycles. The summed E-state index contributed by atoms with van der Waals surface area (Å²) in [7, 11) is 1.48. The van der Waals surface area contributed by atoms with E-state index in [9.17, 15) is 9.59 Å². The fourth-order valence-electron chi connectivity index (χ4n) is 1.99. The first kappa shape index (κ1) is 14.2. The maximum absolute atomic E-state index is 12.3. The van der Waals surface area contributed by atoms with Crippen LogP contribution in [0.25, 0.3) is 4.96 Å². The molecule has 0 saturated carbocycles. The van der Waals surface area contributed by atoms with E-state index in [0.717, 1.165) is 5.01 Å². The van der Waals surface area contributed by atoms with Crippen molar-refractivity contribution in [1.82, 2.24) is 14.6 Å². The number of para-hydroxylation sites is 1. The molecule has 2 aromatic heterocycles. The van der Waals surface area contributed by atoms with E-state index in [4.69, 9.17) is 4.74 Å². The van der Waals surface area contributed by atoms with Crippen molar-refractivity contribution in [2.75, 3.05) is 12.4 Å². The van der Waals surface area contributed by atoms with Crippen LogP contribution >= 0.6 is 11.3 Å². The lowest BCUT2D eigenvalue weighted by atomic mass is 10.2. The smallest absolute Gasteiger partial charge is 0.298 e. The van der Waals surface area contributed by atoms with Gasteiger partial charge in [-0.1, -0.05) is 23.5 Å². The van der Waals surface area contributed by atoms with Crippen LogP contribution in [0, 0.1) is 6.92 Å². The van der Waals surface area contributed by atoms with E-state index in [1.54, 1.807) is 31.2 Å². The van der Waals surface area contributed by atoms with Crippen molar-refractivity contribution in [2.45, 2.75) is 6.92 Å². The summed E-state index contributed by atoms with van der Waals surface area (Å²) in [6.45, 7) is 1.78. The third kappa shape index (κ3) is 2.44. The minimum absolute atomic E-state index is 0.0682. The molecular formula is C14H12N4O3S. The van der Waals surface area contributed by atoms with Crippen LogP contribution in [0.15, 0.2) is 35.3 Å². The van der Waals surface area contributed by atoms with Gasteiger partial charge in [0.25, 0.3) is 11.5 Å². The Morgan fingerprint density at radius 3 is 2.91 bits per heavy atom. The molecule has 22 heavy (non-hydrogen) atoms. The minimum atomic E-state index is -0.441. The summed E-state index contributed by atoms with van der Waals surface area (Å²) in [5.74, 6) is -0.0121. The molecule has 2 heterocycles. The zero-order valence-electron chi connectivity index (χ0n) is 11.9. The SMILES string of the molecule is COc1ccccc1C(=O)Nc1cnc2sc(C)nn2c1=O. The van der Waals surface area contributed by atoms with Crippen LogP contribution in [0.4, 0.5) is 5.69 Å². The molecule has 0 unspecified atom stereocenters. The van der Waals surface area contributed by atoms with Crippen molar-refractivity contribution < 1.29 is 9.53 Å². The van der Waals surface area contributed by atoms with Gasteiger partial charge >= 0.3 is 0 Å². The number of nitrogens with zero attached hydrogens (tertiary/aromatic N) is 3. The molecule has 0 radical (unpaired) electrons. The standard InChI is InChI=1S/C14H12N4O3S/c1-8-17-18-13(20)10(7-15-14(18)22-8)16-12(19)9-5-3-4-6-11(9)21-2/h3-7H,1-2H3,(H,16,19). The zero-order chi connectivity index (χ0) is 15.7. The zero-order valence-corrected chi connectivity index (χ0v) is 12.7. The van der Waals surface area contributed by atoms with Crippen LogP contribution in [0.3, 0.4) is 0 Å². The highest BCUT2D eigenvalue weighted by Crippen LogP contribution is 2.18. The average molecular weight is 316 g/mol. The lowest BCUT2D eigenvalue weighted by Crippen LogP contribution is -2.23. The van der Waals surface area contributed by atoms with E-state index in [1.807, 2.05) is 0 Å². The summed E-state index contributed by atoms with van der Waals surface area (Å²) in [6.07, 6.45) is 1.34. The maximum Gasteiger partial charge on any atom is 0.298 e. The van der Waals surface area contributed by atoms with Crippen molar-refractivity contribution in [2.24, 2.45) is 0 Å². The quantitative estimate of drug-likeness (QED) is 0.795. The Bertz CT molecular complexity index is 916. The monoisotopic (exact) mass is 316 g/mol. The van der Waals surface area contributed by atoms with Crippen molar-refractivity contribution in [3.05, 3.63) is 51.4 Å². The molecular weight excluding hydrogens is 304 g/mol. The molecule has 8 heteroatoms. The molecule has 0 atom stereocenters. The number of aryl methyl sites for hydroxylation is 1. The number of benzene rings is 1. The summed E-state index contributed by atoms with van der Waals surface area (Å²) in [6, 6.07) is 6.77. The average Bonchev–Trinajstić information content (AvgIpc) is 2.91.